The zero-order chi connectivity index (χ0) is 22.3. The molecule has 4 rings (SSSR count). The van der Waals surface area contributed by atoms with E-state index < -0.39 is 30.6 Å². The lowest BCUT2D eigenvalue weighted by Gasteiger charge is -2.26. The maximum atomic E-state index is 13.6. The Morgan fingerprint density at radius 2 is 2.23 bits per heavy atom. The van der Waals surface area contributed by atoms with Crippen LogP contribution in [-0.2, 0) is 16.1 Å². The lowest BCUT2D eigenvalue weighted by molar-refractivity contribution is -0.118. The van der Waals surface area contributed by atoms with Gasteiger partial charge < -0.3 is 30.0 Å². The van der Waals surface area contributed by atoms with E-state index in [-0.39, 0.29) is 24.7 Å². The maximum Gasteiger partial charge on any atom is 0.260 e. The molecular weight excluding hydrogens is 410 g/mol. The van der Waals surface area contributed by atoms with Gasteiger partial charge in [-0.05, 0) is 26.0 Å². The summed E-state index contributed by atoms with van der Waals surface area (Å²) < 4.78 is 40.1. The van der Waals surface area contributed by atoms with Gasteiger partial charge in [0.25, 0.3) is 6.43 Å². The van der Waals surface area contributed by atoms with Crippen LogP contribution in [0.4, 0.5) is 20.3 Å². The van der Waals surface area contributed by atoms with E-state index >= 15 is 0 Å². The molecule has 1 amide bonds. The van der Waals surface area contributed by atoms with Gasteiger partial charge in [-0.25, -0.2) is 13.8 Å². The monoisotopic (exact) mass is 432 g/mol. The van der Waals surface area contributed by atoms with Gasteiger partial charge >= 0.3 is 0 Å². The number of hydrogen-bond acceptors (Lipinski definition) is 7. The summed E-state index contributed by atoms with van der Waals surface area (Å²) in [5, 5.41) is 12.8. The first-order valence-corrected chi connectivity index (χ1v) is 9.83. The van der Waals surface area contributed by atoms with Gasteiger partial charge in [0, 0.05) is 11.8 Å². The van der Waals surface area contributed by atoms with Crippen molar-refractivity contribution in [2.45, 2.75) is 45.1 Å². The number of amides is 1. The van der Waals surface area contributed by atoms with Crippen LogP contribution < -0.4 is 20.7 Å². The molecule has 2 unspecified atom stereocenters. The number of carbonyl (C=O) groups excluding carboxylic acids is 1. The zero-order valence-corrected chi connectivity index (χ0v) is 17.0. The number of benzene rings is 1. The van der Waals surface area contributed by atoms with Gasteiger partial charge in [-0.3, -0.25) is 4.79 Å². The van der Waals surface area contributed by atoms with Crippen molar-refractivity contribution in [2.24, 2.45) is 5.73 Å². The standard InChI is InChI=1S/C20H22F2N6O3/c1-10(18(24)29)25-12-3-4-13-16(7-12)30-6-5-27-14(8-23)20(26-19(13)27)28-11(2)31-9-15(28)17(21)22/h3-4,7,10-11,15,17,25H,5-6,9H2,1-2H3,(H2,24,29)/t10-,11?,15?/m0/s1. The zero-order valence-electron chi connectivity index (χ0n) is 17.0. The molecule has 0 bridgehead atoms. The number of alkyl halides is 2. The fraction of sp³-hybridized carbons (Fsp3) is 0.450. The first kappa shape index (κ1) is 20.9. The number of nitriles is 1. The molecule has 1 aromatic carbocycles. The molecule has 3 heterocycles. The Hall–Kier alpha value is -3.39. The van der Waals surface area contributed by atoms with Crippen LogP contribution in [0.1, 0.15) is 19.5 Å². The Labute approximate surface area is 177 Å². The van der Waals surface area contributed by atoms with E-state index in [0.29, 0.717) is 29.4 Å². The second kappa shape index (κ2) is 8.03. The molecule has 2 aliphatic rings. The molecule has 11 heteroatoms. The molecule has 3 atom stereocenters. The fourth-order valence-corrected chi connectivity index (χ4v) is 3.83. The Bertz CT molecular complexity index is 1050. The number of nitrogens with one attached hydrogen (secondary N) is 1. The number of nitrogens with zero attached hydrogens (tertiary/aromatic N) is 4. The topological polar surface area (TPSA) is 118 Å². The Morgan fingerprint density at radius 1 is 1.45 bits per heavy atom. The van der Waals surface area contributed by atoms with Crippen molar-refractivity contribution in [3.8, 4) is 23.2 Å². The largest absolute Gasteiger partial charge is 0.491 e. The predicted molar refractivity (Wildman–Crippen MR) is 108 cm³/mol. The number of ether oxygens (including phenoxy) is 2. The van der Waals surface area contributed by atoms with Crippen molar-refractivity contribution in [3.63, 3.8) is 0 Å². The van der Waals surface area contributed by atoms with Crippen molar-refractivity contribution < 1.29 is 23.0 Å². The first-order valence-electron chi connectivity index (χ1n) is 9.83. The molecule has 2 aromatic rings. The first-order chi connectivity index (χ1) is 14.8. The second-order valence-electron chi connectivity index (χ2n) is 7.44. The van der Waals surface area contributed by atoms with Crippen molar-refractivity contribution in [1.29, 1.82) is 5.26 Å². The lowest BCUT2D eigenvalue weighted by atomic mass is 10.1. The van der Waals surface area contributed by atoms with Gasteiger partial charge in [-0.2, -0.15) is 5.26 Å². The number of imidazole rings is 1. The number of halogens is 2. The summed E-state index contributed by atoms with van der Waals surface area (Å²) in [5.74, 6) is 0.619. The van der Waals surface area contributed by atoms with Crippen LogP contribution in [0.2, 0.25) is 0 Å². The molecule has 0 spiro atoms. The Balaban J connectivity index is 1.77. The van der Waals surface area contributed by atoms with E-state index in [1.165, 1.54) is 4.90 Å². The molecule has 2 aliphatic heterocycles. The summed E-state index contributed by atoms with van der Waals surface area (Å²) in [6.07, 6.45) is -3.28. The van der Waals surface area contributed by atoms with E-state index in [9.17, 15) is 18.8 Å². The lowest BCUT2D eigenvalue weighted by Crippen LogP contribution is -2.41. The van der Waals surface area contributed by atoms with Crippen LogP contribution in [0.25, 0.3) is 11.4 Å². The minimum Gasteiger partial charge on any atom is -0.491 e. The summed E-state index contributed by atoms with van der Waals surface area (Å²) >= 11 is 0. The summed E-state index contributed by atoms with van der Waals surface area (Å²) in [6, 6.07) is 5.55. The van der Waals surface area contributed by atoms with Gasteiger partial charge in [-0.1, -0.05) is 0 Å². The van der Waals surface area contributed by atoms with Crippen molar-refractivity contribution >= 4 is 17.4 Å². The summed E-state index contributed by atoms with van der Waals surface area (Å²) in [5.41, 5.74) is 6.72. The minimum absolute atomic E-state index is 0.140. The highest BCUT2D eigenvalue weighted by atomic mass is 19.3. The Kier molecular flexibility index (Phi) is 5.41. The summed E-state index contributed by atoms with van der Waals surface area (Å²) in [7, 11) is 0. The second-order valence-corrected chi connectivity index (χ2v) is 7.44. The van der Waals surface area contributed by atoms with Gasteiger partial charge in [0.15, 0.2) is 11.5 Å². The van der Waals surface area contributed by atoms with Gasteiger partial charge in [0.1, 0.15) is 42.6 Å². The quantitative estimate of drug-likeness (QED) is 0.741. The fourth-order valence-electron chi connectivity index (χ4n) is 3.83. The molecule has 31 heavy (non-hydrogen) atoms. The number of fused-ring (bicyclic) bond motifs is 3. The molecular formula is C20H22F2N6O3. The van der Waals surface area contributed by atoms with Gasteiger partial charge in [-0.15, -0.1) is 0 Å². The molecule has 0 radical (unpaired) electrons. The highest BCUT2D eigenvalue weighted by Gasteiger charge is 2.41. The molecule has 0 aliphatic carbocycles. The van der Waals surface area contributed by atoms with Gasteiger partial charge in [0.05, 0.1) is 18.7 Å². The average molecular weight is 432 g/mol. The van der Waals surface area contributed by atoms with Crippen LogP contribution in [0, 0.1) is 11.3 Å². The number of rotatable bonds is 5. The van der Waals surface area contributed by atoms with Gasteiger partial charge in [0.2, 0.25) is 5.91 Å². The SMILES string of the molecule is CC1OCC(C(F)F)N1c1nc2n(c1C#N)CCOc1cc(N[C@@H](C)C(N)=O)ccc1-2. The van der Waals surface area contributed by atoms with E-state index in [0.717, 1.165) is 0 Å². The van der Waals surface area contributed by atoms with Crippen molar-refractivity contribution in [2.75, 3.05) is 23.4 Å². The highest BCUT2D eigenvalue weighted by Crippen LogP contribution is 2.39. The maximum absolute atomic E-state index is 13.6. The number of aromatic nitrogens is 2. The molecule has 3 N–H and O–H groups in total. The third-order valence-corrected chi connectivity index (χ3v) is 5.45. The van der Waals surface area contributed by atoms with Crippen LogP contribution in [0.15, 0.2) is 18.2 Å². The molecule has 1 aromatic heterocycles. The van der Waals surface area contributed by atoms with E-state index in [1.807, 2.05) is 0 Å². The van der Waals surface area contributed by atoms with Crippen molar-refractivity contribution in [3.05, 3.63) is 23.9 Å². The third kappa shape index (κ3) is 3.63. The molecule has 1 saturated heterocycles. The predicted octanol–water partition coefficient (Wildman–Crippen LogP) is 1.92. The van der Waals surface area contributed by atoms with E-state index in [2.05, 4.69) is 16.4 Å². The minimum atomic E-state index is -2.64. The normalized spacial score (nSPS) is 21.0. The van der Waals surface area contributed by atoms with Crippen molar-refractivity contribution in [1.82, 2.24) is 9.55 Å². The third-order valence-electron chi connectivity index (χ3n) is 5.45. The number of primary amides is 1. The van der Waals surface area contributed by atoms with Crippen LogP contribution in [-0.4, -0.2) is 53.4 Å². The smallest absolute Gasteiger partial charge is 0.260 e. The number of anilines is 2. The van der Waals surface area contributed by atoms with Crippen LogP contribution in [0.5, 0.6) is 5.75 Å². The molecule has 0 saturated carbocycles. The van der Waals surface area contributed by atoms with E-state index in [1.54, 1.807) is 36.6 Å². The number of hydrogen-bond donors (Lipinski definition) is 2. The Morgan fingerprint density at radius 3 is 2.90 bits per heavy atom. The number of nitrogens with two attached hydrogens (primary N) is 1. The summed E-state index contributed by atoms with van der Waals surface area (Å²) in [6.45, 7) is 3.74. The summed E-state index contributed by atoms with van der Waals surface area (Å²) in [4.78, 5) is 17.3. The van der Waals surface area contributed by atoms with E-state index in [4.69, 9.17) is 15.2 Å². The van der Waals surface area contributed by atoms with Crippen LogP contribution in [0.3, 0.4) is 0 Å². The average Bonchev–Trinajstić information content (AvgIpc) is 3.22. The highest BCUT2D eigenvalue weighted by molar-refractivity contribution is 5.83. The number of carbonyl (C=O) groups is 1. The van der Waals surface area contributed by atoms with Crippen LogP contribution >= 0.6 is 0 Å². The molecule has 1 fully saturated rings. The molecule has 9 nitrogen and oxygen atoms in total. The molecule has 164 valence electrons.